The molecule has 11 heteroatoms. The average molecular weight is 602 g/mol. The predicted octanol–water partition coefficient (Wildman–Crippen LogP) is 5.82. The minimum absolute atomic E-state index is 0.0416. The lowest BCUT2D eigenvalue weighted by Gasteiger charge is -2.31. The summed E-state index contributed by atoms with van der Waals surface area (Å²) in [6.07, 6.45) is 2.58. The molecule has 3 aromatic rings. The molecular formula is C24H23BrF2N2O3S3. The van der Waals surface area contributed by atoms with Gasteiger partial charge in [-0.15, -0.1) is 23.1 Å². The molecule has 5 nitrogen and oxygen atoms in total. The van der Waals surface area contributed by atoms with Crippen molar-refractivity contribution in [1.29, 1.82) is 0 Å². The van der Waals surface area contributed by atoms with Crippen LogP contribution in [-0.2, 0) is 14.8 Å². The Balaban J connectivity index is 1.52. The fraction of sp³-hybridized carbons (Fsp3) is 0.292. The lowest BCUT2D eigenvalue weighted by atomic mass is 9.94. The van der Waals surface area contributed by atoms with Gasteiger partial charge in [-0.3, -0.25) is 4.79 Å². The van der Waals surface area contributed by atoms with Crippen LogP contribution >= 0.6 is 39.0 Å². The maximum atomic E-state index is 14.7. The normalized spacial score (nSPS) is 16.2. The van der Waals surface area contributed by atoms with Gasteiger partial charge in [0.15, 0.2) is 0 Å². The van der Waals surface area contributed by atoms with Crippen LogP contribution in [0.2, 0.25) is 0 Å². The number of hydrogen-bond donors (Lipinski definition) is 1. The molecule has 0 spiro atoms. The van der Waals surface area contributed by atoms with Gasteiger partial charge in [0.2, 0.25) is 5.91 Å². The molecule has 35 heavy (non-hydrogen) atoms. The summed E-state index contributed by atoms with van der Waals surface area (Å²) >= 11 is 5.94. The Labute approximate surface area is 220 Å². The van der Waals surface area contributed by atoms with Gasteiger partial charge in [0.05, 0.1) is 9.83 Å². The van der Waals surface area contributed by atoms with Crippen LogP contribution in [-0.4, -0.2) is 38.0 Å². The number of piperidine rings is 1. The van der Waals surface area contributed by atoms with Gasteiger partial charge in [-0.25, -0.2) is 17.2 Å². The number of thioether (sulfide) groups is 1. The van der Waals surface area contributed by atoms with E-state index in [0.29, 0.717) is 18.4 Å². The summed E-state index contributed by atoms with van der Waals surface area (Å²) in [4.78, 5) is 14.2. The maximum Gasteiger partial charge on any atom is 0.252 e. The minimum atomic E-state index is -3.62. The second-order valence-corrected chi connectivity index (χ2v) is 13.6. The van der Waals surface area contributed by atoms with Crippen molar-refractivity contribution < 1.29 is 22.0 Å². The zero-order chi connectivity index (χ0) is 25.2. The largest absolute Gasteiger partial charge is 0.345 e. The third-order valence-corrected chi connectivity index (χ3v) is 10.7. The summed E-state index contributed by atoms with van der Waals surface area (Å²) in [7, 11) is -3.62. The van der Waals surface area contributed by atoms with Crippen molar-refractivity contribution in [3.05, 3.63) is 81.1 Å². The monoisotopic (exact) mass is 600 g/mol. The summed E-state index contributed by atoms with van der Waals surface area (Å²) in [6.45, 7) is 0.410. The highest BCUT2D eigenvalue weighted by Crippen LogP contribution is 2.32. The van der Waals surface area contributed by atoms with Gasteiger partial charge in [-0.1, -0.05) is 12.1 Å². The van der Waals surface area contributed by atoms with Gasteiger partial charge in [-0.2, -0.15) is 4.31 Å². The third kappa shape index (κ3) is 5.96. The molecule has 1 aromatic heterocycles. The van der Waals surface area contributed by atoms with Crippen LogP contribution in [0.15, 0.2) is 67.5 Å². The molecule has 186 valence electrons. The summed E-state index contributed by atoms with van der Waals surface area (Å²) in [5.74, 6) is -1.97. The lowest BCUT2D eigenvalue weighted by molar-refractivity contribution is -0.126. The molecule has 1 aliphatic rings. The molecule has 1 saturated heterocycles. The van der Waals surface area contributed by atoms with Crippen LogP contribution in [0.3, 0.4) is 0 Å². The quantitative estimate of drug-likeness (QED) is 0.347. The number of benzene rings is 2. The fourth-order valence-electron chi connectivity index (χ4n) is 4.08. The average Bonchev–Trinajstić information content (AvgIpc) is 3.31. The van der Waals surface area contributed by atoms with E-state index in [-0.39, 0.29) is 28.8 Å². The van der Waals surface area contributed by atoms with Gasteiger partial charge in [0.1, 0.15) is 15.8 Å². The molecule has 1 fully saturated rings. The molecule has 1 aliphatic heterocycles. The molecule has 1 N–H and O–H groups in total. The molecule has 0 bridgehead atoms. The maximum absolute atomic E-state index is 14.7. The van der Waals surface area contributed by atoms with Crippen molar-refractivity contribution >= 4 is 55.0 Å². The van der Waals surface area contributed by atoms with Crippen LogP contribution in [0.4, 0.5) is 8.78 Å². The number of sulfonamides is 1. The van der Waals surface area contributed by atoms with Crippen molar-refractivity contribution in [2.75, 3.05) is 19.3 Å². The smallest absolute Gasteiger partial charge is 0.252 e. The molecule has 0 radical (unpaired) electrons. The summed E-state index contributed by atoms with van der Waals surface area (Å²) in [6, 6.07) is 12.9. The standard InChI is InChI=1S/C24H23BrF2N2O3S3/c1-33-18-4-2-3-16(13-18)23(19-14-17(26)5-6-20(19)27)28-24(30)15-9-11-29(12-10-15)35(31,32)22-8-7-21(25)34-22/h2-8,13-15,23H,9-12H2,1H3,(H,28,30). The third-order valence-electron chi connectivity index (χ3n) is 5.95. The Bertz CT molecular complexity index is 1330. The number of hydrogen-bond acceptors (Lipinski definition) is 5. The zero-order valence-corrected chi connectivity index (χ0v) is 22.7. The number of thiophene rings is 1. The van der Waals surface area contributed by atoms with E-state index in [1.54, 1.807) is 18.2 Å². The number of nitrogens with zero attached hydrogens (tertiary/aromatic N) is 1. The Kier molecular flexibility index (Phi) is 8.32. The molecule has 1 atom stereocenters. The van der Waals surface area contributed by atoms with Crippen molar-refractivity contribution in [1.82, 2.24) is 9.62 Å². The first-order valence-corrected chi connectivity index (χ1v) is 15.1. The van der Waals surface area contributed by atoms with E-state index >= 15 is 0 Å². The molecular weight excluding hydrogens is 578 g/mol. The van der Waals surface area contributed by atoms with E-state index in [2.05, 4.69) is 21.2 Å². The predicted molar refractivity (Wildman–Crippen MR) is 138 cm³/mol. The zero-order valence-electron chi connectivity index (χ0n) is 18.7. The minimum Gasteiger partial charge on any atom is -0.345 e. The van der Waals surface area contributed by atoms with Crippen molar-refractivity contribution in [2.24, 2.45) is 5.92 Å². The van der Waals surface area contributed by atoms with Gasteiger partial charge in [0, 0.05) is 29.5 Å². The van der Waals surface area contributed by atoms with E-state index < -0.39 is 33.6 Å². The topological polar surface area (TPSA) is 66.5 Å². The van der Waals surface area contributed by atoms with E-state index in [9.17, 15) is 22.0 Å². The van der Waals surface area contributed by atoms with Gasteiger partial charge >= 0.3 is 0 Å². The van der Waals surface area contributed by atoms with Gasteiger partial charge < -0.3 is 5.32 Å². The molecule has 2 heterocycles. The van der Waals surface area contributed by atoms with Crippen LogP contribution in [0.1, 0.15) is 30.0 Å². The van der Waals surface area contributed by atoms with Crippen LogP contribution in [0.5, 0.6) is 0 Å². The van der Waals surface area contributed by atoms with E-state index in [1.807, 2.05) is 24.5 Å². The van der Waals surface area contributed by atoms with E-state index in [0.717, 1.165) is 38.2 Å². The number of amides is 1. The SMILES string of the molecule is CSc1cccc(C(NC(=O)C2CCN(S(=O)(=O)c3ccc(Br)s3)CC2)c2cc(F)ccc2F)c1. The van der Waals surface area contributed by atoms with Crippen molar-refractivity contribution in [2.45, 2.75) is 28.0 Å². The van der Waals surface area contributed by atoms with Gasteiger partial charge in [0.25, 0.3) is 10.0 Å². The molecule has 0 aliphatic carbocycles. The highest BCUT2D eigenvalue weighted by atomic mass is 79.9. The second kappa shape index (κ2) is 11.1. The van der Waals surface area contributed by atoms with E-state index in [4.69, 9.17) is 0 Å². The fourth-order valence-corrected chi connectivity index (χ4v) is 8.18. The molecule has 2 aromatic carbocycles. The second-order valence-electron chi connectivity index (χ2n) is 8.12. The molecule has 4 rings (SSSR count). The van der Waals surface area contributed by atoms with E-state index in [1.165, 1.54) is 16.1 Å². The Hall–Kier alpha value is -1.79. The van der Waals surface area contributed by atoms with Crippen LogP contribution < -0.4 is 5.32 Å². The number of carbonyl (C=O) groups excluding carboxylic acids is 1. The first-order valence-electron chi connectivity index (χ1n) is 10.8. The van der Waals surface area contributed by atoms with Crippen molar-refractivity contribution in [3.8, 4) is 0 Å². The Morgan fingerprint density at radius 1 is 1.14 bits per heavy atom. The highest BCUT2D eigenvalue weighted by molar-refractivity contribution is 9.11. The highest BCUT2D eigenvalue weighted by Gasteiger charge is 2.34. The number of nitrogens with one attached hydrogen (secondary N) is 1. The Morgan fingerprint density at radius 2 is 1.89 bits per heavy atom. The summed E-state index contributed by atoms with van der Waals surface area (Å²) < 4.78 is 56.9. The van der Waals surface area contributed by atoms with Crippen LogP contribution in [0.25, 0.3) is 0 Å². The summed E-state index contributed by atoms with van der Waals surface area (Å²) in [5.41, 5.74) is 0.679. The molecule has 0 saturated carbocycles. The first kappa shape index (κ1) is 26.3. The Morgan fingerprint density at radius 3 is 2.54 bits per heavy atom. The van der Waals surface area contributed by atoms with Crippen LogP contribution in [0, 0.1) is 17.6 Å². The van der Waals surface area contributed by atoms with Crippen molar-refractivity contribution in [3.63, 3.8) is 0 Å². The number of carbonyl (C=O) groups is 1. The molecule has 1 unspecified atom stereocenters. The van der Waals surface area contributed by atoms with Gasteiger partial charge in [-0.05, 0) is 83.1 Å². The summed E-state index contributed by atoms with van der Waals surface area (Å²) in [5, 5.41) is 2.90. The number of halogens is 3. The number of rotatable bonds is 7. The lowest BCUT2D eigenvalue weighted by Crippen LogP contribution is -2.43. The first-order chi connectivity index (χ1) is 16.7. The molecule has 1 amide bonds.